The van der Waals surface area contributed by atoms with Crippen molar-refractivity contribution in [3.05, 3.63) is 53.5 Å². The van der Waals surface area contributed by atoms with Gasteiger partial charge in [-0.25, -0.2) is 8.78 Å². The Bertz CT molecular complexity index is 363. The maximum Gasteiger partial charge on any atom is 0.134 e. The Morgan fingerprint density at radius 3 is 2.47 bits per heavy atom. The van der Waals surface area contributed by atoms with E-state index in [0.717, 1.165) is 6.42 Å². The van der Waals surface area contributed by atoms with E-state index in [2.05, 4.69) is 6.58 Å². The largest absolute Gasteiger partial charge is 0.206 e. The molecule has 15 heavy (non-hydrogen) atoms. The van der Waals surface area contributed by atoms with Gasteiger partial charge in [0.15, 0.2) is 0 Å². The first-order valence-electron chi connectivity index (χ1n) is 4.62. The molecule has 0 fully saturated rings. The van der Waals surface area contributed by atoms with Crippen LogP contribution in [0.3, 0.4) is 0 Å². The quantitative estimate of drug-likeness (QED) is 0.723. The average Bonchev–Trinajstić information content (AvgIpc) is 2.18. The number of benzene rings is 1. The second-order valence-corrected chi connectivity index (χ2v) is 3.87. The minimum absolute atomic E-state index is 0.0317. The molecule has 0 saturated heterocycles. The van der Waals surface area contributed by atoms with E-state index in [4.69, 9.17) is 0 Å². The third kappa shape index (κ3) is 2.93. The predicted octanol–water partition coefficient (Wildman–Crippen LogP) is 4.59. The molecule has 0 unspecified atom stereocenters. The molecule has 0 aliphatic rings. The second kappa shape index (κ2) is 5.71. The fraction of sp³-hybridized carbons (Fsp3) is 0.167. The Morgan fingerprint density at radius 2 is 2.00 bits per heavy atom. The predicted molar refractivity (Wildman–Crippen MR) is 62.4 cm³/mol. The van der Waals surface area contributed by atoms with Crippen molar-refractivity contribution in [3.63, 3.8) is 0 Å². The monoisotopic (exact) mass is 226 g/mol. The molecule has 0 bridgehead atoms. The second-order valence-electron chi connectivity index (χ2n) is 2.86. The lowest BCUT2D eigenvalue weighted by atomic mass is 10.1. The van der Waals surface area contributed by atoms with E-state index >= 15 is 0 Å². The molecule has 0 aromatic heterocycles. The van der Waals surface area contributed by atoms with Crippen LogP contribution in [0.5, 0.6) is 0 Å². The van der Waals surface area contributed by atoms with Crippen molar-refractivity contribution in [1.82, 2.24) is 0 Å². The Labute approximate surface area is 92.7 Å². The van der Waals surface area contributed by atoms with Crippen LogP contribution in [0.25, 0.3) is 4.91 Å². The van der Waals surface area contributed by atoms with E-state index in [0.29, 0.717) is 4.91 Å². The number of rotatable bonds is 4. The summed E-state index contributed by atoms with van der Waals surface area (Å²) in [5, 5.41) is 1.56. The van der Waals surface area contributed by atoms with Crippen LogP contribution >= 0.6 is 11.8 Å². The van der Waals surface area contributed by atoms with Crippen molar-refractivity contribution in [2.24, 2.45) is 0 Å². The molecule has 0 nitrogen and oxygen atoms in total. The zero-order valence-electron chi connectivity index (χ0n) is 8.47. The molecule has 0 N–H and O–H groups in total. The highest BCUT2D eigenvalue weighted by molar-refractivity contribution is 8.10. The van der Waals surface area contributed by atoms with Crippen molar-refractivity contribution in [3.8, 4) is 0 Å². The minimum Gasteiger partial charge on any atom is -0.206 e. The molecule has 0 amide bonds. The molecule has 3 heteroatoms. The molecule has 1 aromatic carbocycles. The van der Waals surface area contributed by atoms with Crippen molar-refractivity contribution < 1.29 is 8.78 Å². The van der Waals surface area contributed by atoms with Gasteiger partial charge < -0.3 is 0 Å². The number of halogens is 2. The summed E-state index contributed by atoms with van der Waals surface area (Å²) in [5.74, 6) is -1.08. The molecular formula is C12H12F2S. The zero-order chi connectivity index (χ0) is 11.3. The summed E-state index contributed by atoms with van der Waals surface area (Å²) >= 11 is 1.23. The molecule has 0 atom stereocenters. The fourth-order valence-electron chi connectivity index (χ4n) is 1.22. The molecule has 0 aliphatic carbocycles. The van der Waals surface area contributed by atoms with E-state index in [-0.39, 0.29) is 5.56 Å². The summed E-state index contributed by atoms with van der Waals surface area (Å²) < 4.78 is 26.8. The van der Waals surface area contributed by atoms with Crippen molar-refractivity contribution in [2.45, 2.75) is 13.3 Å². The van der Waals surface area contributed by atoms with Crippen molar-refractivity contribution in [2.75, 3.05) is 0 Å². The number of hydrogen-bond acceptors (Lipinski definition) is 1. The minimum atomic E-state index is -0.538. The summed E-state index contributed by atoms with van der Waals surface area (Å²) in [7, 11) is 0. The standard InChI is InChI=1S/C12H12F2S/c1-3-6-11(15-4-2)12-9(13)7-5-8-10(12)14/h4-8H,2-3H2,1H3. The number of allylic oxidation sites excluding steroid dienone is 1. The maximum atomic E-state index is 13.4. The Balaban J connectivity index is 3.21. The van der Waals surface area contributed by atoms with Gasteiger partial charge in [-0.05, 0) is 24.0 Å². The van der Waals surface area contributed by atoms with Gasteiger partial charge in [0.1, 0.15) is 11.6 Å². The first kappa shape index (κ1) is 12.0. The van der Waals surface area contributed by atoms with Crippen LogP contribution in [0.1, 0.15) is 18.9 Å². The van der Waals surface area contributed by atoms with Crippen LogP contribution in [-0.2, 0) is 0 Å². The van der Waals surface area contributed by atoms with E-state index < -0.39 is 11.6 Å². The smallest absolute Gasteiger partial charge is 0.134 e. The van der Waals surface area contributed by atoms with Gasteiger partial charge >= 0.3 is 0 Å². The first-order valence-corrected chi connectivity index (χ1v) is 5.50. The highest BCUT2D eigenvalue weighted by Gasteiger charge is 2.12. The highest BCUT2D eigenvalue weighted by atomic mass is 32.2. The zero-order valence-corrected chi connectivity index (χ0v) is 9.28. The Hall–Kier alpha value is -1.09. The normalized spacial score (nSPS) is 11.5. The van der Waals surface area contributed by atoms with Crippen LogP contribution in [0.2, 0.25) is 0 Å². The van der Waals surface area contributed by atoms with E-state index in [1.165, 1.54) is 30.0 Å². The van der Waals surface area contributed by atoms with Crippen LogP contribution in [0.4, 0.5) is 8.78 Å². The molecule has 0 aliphatic heterocycles. The Morgan fingerprint density at radius 1 is 1.40 bits per heavy atom. The molecule has 0 heterocycles. The molecule has 0 saturated carbocycles. The van der Waals surface area contributed by atoms with Gasteiger partial charge in [0, 0.05) is 4.91 Å². The van der Waals surface area contributed by atoms with Gasteiger partial charge in [0.2, 0.25) is 0 Å². The van der Waals surface area contributed by atoms with Crippen LogP contribution in [0.15, 0.2) is 36.3 Å². The third-order valence-electron chi connectivity index (χ3n) is 1.81. The third-order valence-corrected chi connectivity index (χ3v) is 2.60. The maximum absolute atomic E-state index is 13.4. The van der Waals surface area contributed by atoms with Crippen LogP contribution < -0.4 is 0 Å². The van der Waals surface area contributed by atoms with Gasteiger partial charge in [0.25, 0.3) is 0 Å². The molecule has 1 rings (SSSR count). The van der Waals surface area contributed by atoms with Crippen molar-refractivity contribution >= 4 is 16.7 Å². The highest BCUT2D eigenvalue weighted by Crippen LogP contribution is 2.32. The topological polar surface area (TPSA) is 0 Å². The average molecular weight is 226 g/mol. The van der Waals surface area contributed by atoms with E-state index in [1.807, 2.05) is 6.92 Å². The fourth-order valence-corrected chi connectivity index (χ4v) is 1.97. The molecule has 1 aromatic rings. The lowest BCUT2D eigenvalue weighted by molar-refractivity contribution is 0.578. The molecular weight excluding hydrogens is 214 g/mol. The lowest BCUT2D eigenvalue weighted by Gasteiger charge is -2.07. The van der Waals surface area contributed by atoms with Gasteiger partial charge in [-0.15, -0.1) is 0 Å². The lowest BCUT2D eigenvalue weighted by Crippen LogP contribution is -1.91. The molecule has 80 valence electrons. The van der Waals surface area contributed by atoms with Gasteiger partial charge in [-0.3, -0.25) is 0 Å². The molecule has 0 spiro atoms. The Kier molecular flexibility index (Phi) is 4.56. The van der Waals surface area contributed by atoms with Crippen molar-refractivity contribution in [1.29, 1.82) is 0 Å². The van der Waals surface area contributed by atoms with Crippen LogP contribution in [-0.4, -0.2) is 0 Å². The van der Waals surface area contributed by atoms with E-state index in [1.54, 1.807) is 11.5 Å². The van der Waals surface area contributed by atoms with E-state index in [9.17, 15) is 8.78 Å². The van der Waals surface area contributed by atoms with Gasteiger partial charge in [-0.1, -0.05) is 37.4 Å². The van der Waals surface area contributed by atoms with Gasteiger partial charge in [0.05, 0.1) is 5.56 Å². The van der Waals surface area contributed by atoms with Crippen LogP contribution in [0, 0.1) is 11.6 Å². The SMILES string of the molecule is C=CSC(=CCC)c1c(F)cccc1F. The summed E-state index contributed by atoms with van der Waals surface area (Å²) in [6.45, 7) is 5.46. The van der Waals surface area contributed by atoms with Gasteiger partial charge in [-0.2, -0.15) is 0 Å². The number of hydrogen-bond donors (Lipinski definition) is 0. The summed E-state index contributed by atoms with van der Waals surface area (Å²) in [6.07, 6.45) is 2.51. The first-order chi connectivity index (χ1) is 7.20. The summed E-state index contributed by atoms with van der Waals surface area (Å²) in [4.78, 5) is 0.572. The molecule has 0 radical (unpaired) electrons. The number of thioether (sulfide) groups is 1. The summed E-state index contributed by atoms with van der Waals surface area (Å²) in [6, 6.07) is 3.87. The summed E-state index contributed by atoms with van der Waals surface area (Å²) in [5.41, 5.74) is 0.0317.